The van der Waals surface area contributed by atoms with Gasteiger partial charge in [-0.3, -0.25) is 0 Å². The molecule has 118 valence electrons. The van der Waals surface area contributed by atoms with Crippen molar-refractivity contribution in [3.05, 3.63) is 35.9 Å². The van der Waals surface area contributed by atoms with E-state index in [1.54, 1.807) is 0 Å². The van der Waals surface area contributed by atoms with Crippen molar-refractivity contribution in [3.8, 4) is 0 Å². The molecule has 1 saturated carbocycles. The van der Waals surface area contributed by atoms with Gasteiger partial charge in [0.05, 0.1) is 0 Å². The summed E-state index contributed by atoms with van der Waals surface area (Å²) in [5.41, 5.74) is 8.71. The van der Waals surface area contributed by atoms with Gasteiger partial charge in [0.15, 0.2) is 0 Å². The molecule has 0 spiro atoms. The molecule has 0 radical (unpaired) electrons. The highest BCUT2D eigenvalue weighted by molar-refractivity contribution is 5.14. The number of benzene rings is 1. The number of rotatable bonds is 4. The lowest BCUT2D eigenvalue weighted by Crippen LogP contribution is -2.39. The predicted octanol–water partition coefficient (Wildman–Crippen LogP) is 5.33. The first kappa shape index (κ1) is 16.5. The molecule has 1 nitrogen and oxygen atoms in total. The van der Waals surface area contributed by atoms with Crippen LogP contribution < -0.4 is 5.73 Å². The SMILES string of the molecule is CC(C)(C)C1CCCC(N)(CCCc2ccccc2)CC1. The first-order chi connectivity index (χ1) is 9.89. The second kappa shape index (κ2) is 6.96. The Morgan fingerprint density at radius 2 is 1.81 bits per heavy atom. The highest BCUT2D eigenvalue weighted by atomic mass is 14.7. The van der Waals surface area contributed by atoms with Gasteiger partial charge in [-0.05, 0) is 61.8 Å². The molecule has 0 aromatic heterocycles. The van der Waals surface area contributed by atoms with Crippen molar-refractivity contribution in [1.82, 2.24) is 0 Å². The Morgan fingerprint density at radius 3 is 2.48 bits per heavy atom. The van der Waals surface area contributed by atoms with Crippen molar-refractivity contribution in [3.63, 3.8) is 0 Å². The van der Waals surface area contributed by atoms with Crippen molar-refractivity contribution in [2.75, 3.05) is 0 Å². The minimum absolute atomic E-state index is 0.0920. The molecular formula is C20H33N. The molecule has 0 bridgehead atoms. The molecule has 21 heavy (non-hydrogen) atoms. The highest BCUT2D eigenvalue weighted by Gasteiger charge is 2.33. The first-order valence-corrected chi connectivity index (χ1v) is 8.72. The number of aryl methyl sites for hydroxylation is 1. The molecule has 0 heterocycles. The average molecular weight is 287 g/mol. The molecule has 2 N–H and O–H groups in total. The van der Waals surface area contributed by atoms with Crippen LogP contribution in [-0.2, 0) is 6.42 Å². The molecule has 0 aliphatic heterocycles. The fraction of sp³-hybridized carbons (Fsp3) is 0.700. The Bertz CT molecular complexity index is 417. The maximum Gasteiger partial charge on any atom is 0.0154 e. The fourth-order valence-corrected chi connectivity index (χ4v) is 3.84. The molecule has 1 heteroatoms. The third-order valence-corrected chi connectivity index (χ3v) is 5.43. The second-order valence-electron chi connectivity index (χ2n) is 8.20. The summed E-state index contributed by atoms with van der Waals surface area (Å²) in [6, 6.07) is 10.8. The van der Waals surface area contributed by atoms with Crippen LogP contribution in [0.5, 0.6) is 0 Å². The quantitative estimate of drug-likeness (QED) is 0.744. The largest absolute Gasteiger partial charge is 0.325 e. The lowest BCUT2D eigenvalue weighted by molar-refractivity contribution is 0.209. The van der Waals surface area contributed by atoms with Crippen LogP contribution in [0.25, 0.3) is 0 Å². The molecule has 2 unspecified atom stereocenters. The van der Waals surface area contributed by atoms with Gasteiger partial charge >= 0.3 is 0 Å². The summed E-state index contributed by atoms with van der Waals surface area (Å²) in [6.07, 6.45) is 9.98. The lowest BCUT2D eigenvalue weighted by atomic mass is 9.76. The van der Waals surface area contributed by atoms with Crippen LogP contribution in [0, 0.1) is 11.3 Å². The van der Waals surface area contributed by atoms with Crippen LogP contribution in [0.15, 0.2) is 30.3 Å². The smallest absolute Gasteiger partial charge is 0.0154 e. The van der Waals surface area contributed by atoms with Crippen LogP contribution in [0.1, 0.15) is 71.3 Å². The summed E-state index contributed by atoms with van der Waals surface area (Å²) < 4.78 is 0. The first-order valence-electron chi connectivity index (χ1n) is 8.72. The van der Waals surface area contributed by atoms with Crippen molar-refractivity contribution in [1.29, 1.82) is 0 Å². The summed E-state index contributed by atoms with van der Waals surface area (Å²) >= 11 is 0. The molecule has 2 rings (SSSR count). The summed E-state index contributed by atoms with van der Waals surface area (Å²) in [4.78, 5) is 0. The maximum absolute atomic E-state index is 6.73. The Balaban J connectivity index is 1.82. The van der Waals surface area contributed by atoms with Gasteiger partial charge < -0.3 is 5.73 Å². The molecule has 1 fully saturated rings. The molecule has 0 saturated heterocycles. The van der Waals surface area contributed by atoms with Gasteiger partial charge in [-0.25, -0.2) is 0 Å². The minimum Gasteiger partial charge on any atom is -0.325 e. The normalized spacial score (nSPS) is 27.3. The zero-order valence-corrected chi connectivity index (χ0v) is 14.2. The van der Waals surface area contributed by atoms with Gasteiger partial charge in [-0.1, -0.05) is 57.5 Å². The zero-order chi connectivity index (χ0) is 15.3. The van der Waals surface area contributed by atoms with Crippen LogP contribution >= 0.6 is 0 Å². The van der Waals surface area contributed by atoms with E-state index in [0.29, 0.717) is 5.41 Å². The summed E-state index contributed by atoms with van der Waals surface area (Å²) in [5, 5.41) is 0. The van der Waals surface area contributed by atoms with Crippen LogP contribution in [0.3, 0.4) is 0 Å². The van der Waals surface area contributed by atoms with Crippen molar-refractivity contribution >= 4 is 0 Å². The second-order valence-corrected chi connectivity index (χ2v) is 8.20. The molecular weight excluding hydrogens is 254 g/mol. The van der Waals surface area contributed by atoms with Gasteiger partial charge in [0.1, 0.15) is 0 Å². The molecule has 1 aliphatic carbocycles. The lowest BCUT2D eigenvalue weighted by Gasteiger charge is -2.31. The van der Waals surface area contributed by atoms with E-state index < -0.39 is 0 Å². The van der Waals surface area contributed by atoms with E-state index in [1.165, 1.54) is 56.9 Å². The van der Waals surface area contributed by atoms with Gasteiger partial charge in [0, 0.05) is 5.54 Å². The predicted molar refractivity (Wildman–Crippen MR) is 92.3 cm³/mol. The number of hydrogen-bond acceptors (Lipinski definition) is 1. The number of hydrogen-bond donors (Lipinski definition) is 1. The highest BCUT2D eigenvalue weighted by Crippen LogP contribution is 2.40. The van der Waals surface area contributed by atoms with E-state index in [1.807, 2.05) is 0 Å². The summed E-state index contributed by atoms with van der Waals surface area (Å²) in [5.74, 6) is 0.844. The van der Waals surface area contributed by atoms with Gasteiger partial charge in [-0.15, -0.1) is 0 Å². The van der Waals surface area contributed by atoms with E-state index in [-0.39, 0.29) is 5.54 Å². The van der Waals surface area contributed by atoms with E-state index in [0.717, 1.165) is 5.92 Å². The Labute approximate surface area is 131 Å². The maximum atomic E-state index is 6.73. The third kappa shape index (κ3) is 5.14. The zero-order valence-electron chi connectivity index (χ0n) is 14.2. The molecule has 2 atom stereocenters. The van der Waals surface area contributed by atoms with Gasteiger partial charge in [0.2, 0.25) is 0 Å². The molecule has 0 amide bonds. The van der Waals surface area contributed by atoms with E-state index >= 15 is 0 Å². The topological polar surface area (TPSA) is 26.0 Å². The van der Waals surface area contributed by atoms with Crippen molar-refractivity contribution < 1.29 is 0 Å². The van der Waals surface area contributed by atoms with E-state index in [2.05, 4.69) is 51.1 Å². The van der Waals surface area contributed by atoms with E-state index in [4.69, 9.17) is 5.73 Å². The molecule has 1 aromatic rings. The van der Waals surface area contributed by atoms with Gasteiger partial charge in [0.25, 0.3) is 0 Å². The third-order valence-electron chi connectivity index (χ3n) is 5.43. The van der Waals surface area contributed by atoms with Crippen LogP contribution in [0.4, 0.5) is 0 Å². The van der Waals surface area contributed by atoms with Gasteiger partial charge in [-0.2, -0.15) is 0 Å². The number of nitrogens with two attached hydrogens (primary N) is 1. The van der Waals surface area contributed by atoms with E-state index in [9.17, 15) is 0 Å². The minimum atomic E-state index is 0.0920. The monoisotopic (exact) mass is 287 g/mol. The van der Waals surface area contributed by atoms with Crippen LogP contribution in [0.2, 0.25) is 0 Å². The Morgan fingerprint density at radius 1 is 1.10 bits per heavy atom. The summed E-state index contributed by atoms with van der Waals surface area (Å²) in [6.45, 7) is 7.16. The average Bonchev–Trinajstić information content (AvgIpc) is 2.62. The Hall–Kier alpha value is -0.820. The van der Waals surface area contributed by atoms with Crippen LogP contribution in [-0.4, -0.2) is 5.54 Å². The summed E-state index contributed by atoms with van der Waals surface area (Å²) in [7, 11) is 0. The fourth-order valence-electron chi connectivity index (χ4n) is 3.84. The Kier molecular flexibility index (Phi) is 5.48. The molecule has 1 aliphatic rings. The standard InChI is InChI=1S/C20H33N/c1-19(2,3)18-12-8-15-20(21,16-13-18)14-7-11-17-9-5-4-6-10-17/h4-6,9-10,18H,7-8,11-16,21H2,1-3H3. The van der Waals surface area contributed by atoms with Crippen molar-refractivity contribution in [2.24, 2.45) is 17.1 Å². The molecule has 1 aromatic carbocycles. The van der Waals surface area contributed by atoms with Crippen molar-refractivity contribution in [2.45, 2.75) is 77.7 Å².